The molecule has 188 valence electrons. The van der Waals surface area contributed by atoms with Crippen LogP contribution in [0.25, 0.3) is 0 Å². The molecule has 4 rings (SSSR count). The molecule has 0 aliphatic carbocycles. The molecule has 2 heterocycles. The summed E-state index contributed by atoms with van der Waals surface area (Å²) >= 11 is 6.20. The van der Waals surface area contributed by atoms with Gasteiger partial charge in [0.2, 0.25) is 0 Å². The molecule has 2 aromatic rings. The van der Waals surface area contributed by atoms with Gasteiger partial charge in [-0.15, -0.1) is 0 Å². The van der Waals surface area contributed by atoms with Gasteiger partial charge in [0.05, 0.1) is 24.2 Å². The van der Waals surface area contributed by atoms with E-state index in [2.05, 4.69) is 5.32 Å². The number of rotatable bonds is 6. The van der Waals surface area contributed by atoms with E-state index < -0.39 is 41.8 Å². The van der Waals surface area contributed by atoms with Gasteiger partial charge in [0.1, 0.15) is 18.0 Å². The quantitative estimate of drug-likeness (QED) is 0.534. The van der Waals surface area contributed by atoms with E-state index in [4.69, 9.17) is 25.8 Å². The van der Waals surface area contributed by atoms with Gasteiger partial charge in [0, 0.05) is 16.5 Å². The molecular formula is C27H32ClNO6. The molecule has 2 aliphatic heterocycles. The van der Waals surface area contributed by atoms with Crippen LogP contribution in [0.2, 0.25) is 5.02 Å². The molecule has 0 saturated carbocycles. The third-order valence-electron chi connectivity index (χ3n) is 7.01. The van der Waals surface area contributed by atoms with Gasteiger partial charge < -0.3 is 24.6 Å². The number of carboxylic acid groups (broad SMARTS) is 1. The second-order valence-corrected chi connectivity index (χ2v) is 10.6. The Morgan fingerprint density at radius 2 is 1.91 bits per heavy atom. The van der Waals surface area contributed by atoms with Gasteiger partial charge in [-0.25, -0.2) is 4.79 Å². The zero-order valence-electron chi connectivity index (χ0n) is 20.4. The first-order valence-electron chi connectivity index (χ1n) is 11.9. The molecule has 0 spiro atoms. The van der Waals surface area contributed by atoms with Crippen LogP contribution >= 0.6 is 11.6 Å². The molecule has 5 atom stereocenters. The first-order valence-corrected chi connectivity index (χ1v) is 12.3. The van der Waals surface area contributed by atoms with Gasteiger partial charge in [-0.1, -0.05) is 61.8 Å². The number of carbonyl (C=O) groups excluding carboxylic acids is 1. The van der Waals surface area contributed by atoms with E-state index in [-0.39, 0.29) is 18.4 Å². The van der Waals surface area contributed by atoms with Crippen LogP contribution in [0.4, 0.5) is 4.79 Å². The summed E-state index contributed by atoms with van der Waals surface area (Å²) in [6.45, 7) is 7.86. The second kappa shape index (κ2) is 10.1. The van der Waals surface area contributed by atoms with E-state index in [1.807, 2.05) is 64.1 Å². The molecule has 0 unspecified atom stereocenters. The zero-order chi connectivity index (χ0) is 25.3. The third-order valence-corrected chi connectivity index (χ3v) is 7.24. The summed E-state index contributed by atoms with van der Waals surface area (Å²) in [4.78, 5) is 25.1. The smallest absolute Gasteiger partial charge is 0.407 e. The SMILES string of the molecule is CC(C)[C@H](NC(=O)OCc1ccccc1)[C@H]1O[C@H]2c3ccc(Cl)cc3OC(C)(C)[C@@H]2C[C@@H]1C(=O)O. The van der Waals surface area contributed by atoms with Gasteiger partial charge in [0.25, 0.3) is 0 Å². The highest BCUT2D eigenvalue weighted by molar-refractivity contribution is 6.30. The number of halogens is 1. The summed E-state index contributed by atoms with van der Waals surface area (Å²) in [7, 11) is 0. The molecule has 35 heavy (non-hydrogen) atoms. The molecule has 0 radical (unpaired) electrons. The van der Waals surface area contributed by atoms with Gasteiger partial charge >= 0.3 is 12.1 Å². The minimum absolute atomic E-state index is 0.0970. The van der Waals surface area contributed by atoms with E-state index in [9.17, 15) is 14.7 Å². The molecule has 2 aliphatic rings. The minimum Gasteiger partial charge on any atom is -0.487 e. The maximum atomic E-state index is 12.7. The molecule has 1 saturated heterocycles. The van der Waals surface area contributed by atoms with Crippen molar-refractivity contribution >= 4 is 23.7 Å². The Morgan fingerprint density at radius 1 is 1.20 bits per heavy atom. The third kappa shape index (κ3) is 5.41. The molecule has 0 bridgehead atoms. The number of amides is 1. The molecule has 2 N–H and O–H groups in total. The first kappa shape index (κ1) is 25.3. The number of carboxylic acids is 1. The Morgan fingerprint density at radius 3 is 2.57 bits per heavy atom. The number of alkyl carbamates (subject to hydrolysis) is 1. The first-order chi connectivity index (χ1) is 16.6. The van der Waals surface area contributed by atoms with Crippen LogP contribution in [0, 0.1) is 17.8 Å². The summed E-state index contributed by atoms with van der Waals surface area (Å²) < 4.78 is 18.2. The average molecular weight is 502 g/mol. The van der Waals surface area contributed by atoms with Gasteiger partial charge in [-0.2, -0.15) is 0 Å². The highest BCUT2D eigenvalue weighted by atomic mass is 35.5. The minimum atomic E-state index is -0.962. The predicted molar refractivity (Wildman–Crippen MR) is 131 cm³/mol. The summed E-state index contributed by atoms with van der Waals surface area (Å²) in [6.07, 6.45) is -1.41. The van der Waals surface area contributed by atoms with Crippen molar-refractivity contribution in [2.75, 3.05) is 0 Å². The highest BCUT2D eigenvalue weighted by Crippen LogP contribution is 2.53. The van der Waals surface area contributed by atoms with Crippen LogP contribution in [0.3, 0.4) is 0 Å². The lowest BCUT2D eigenvalue weighted by molar-refractivity contribution is -0.195. The highest BCUT2D eigenvalue weighted by Gasteiger charge is 2.54. The van der Waals surface area contributed by atoms with E-state index in [1.54, 1.807) is 12.1 Å². The largest absolute Gasteiger partial charge is 0.487 e. The molecule has 2 aromatic carbocycles. The summed E-state index contributed by atoms with van der Waals surface area (Å²) in [5.41, 5.74) is 1.04. The topological polar surface area (TPSA) is 94.1 Å². The van der Waals surface area contributed by atoms with Crippen molar-refractivity contribution in [3.63, 3.8) is 0 Å². The van der Waals surface area contributed by atoms with Crippen LogP contribution in [-0.4, -0.2) is 34.9 Å². The molecule has 8 heteroatoms. The fraction of sp³-hybridized carbons (Fsp3) is 0.481. The molecule has 1 amide bonds. The number of carbonyl (C=O) groups is 2. The van der Waals surface area contributed by atoms with Crippen molar-refractivity contribution in [3.8, 4) is 5.75 Å². The van der Waals surface area contributed by atoms with Crippen LogP contribution in [0.1, 0.15) is 51.3 Å². The van der Waals surface area contributed by atoms with E-state index in [1.165, 1.54) is 0 Å². The van der Waals surface area contributed by atoms with Crippen molar-refractivity contribution in [1.82, 2.24) is 5.32 Å². The molecule has 1 fully saturated rings. The number of aliphatic carboxylic acids is 1. The maximum absolute atomic E-state index is 12.7. The van der Waals surface area contributed by atoms with Crippen molar-refractivity contribution in [2.45, 2.75) is 64.6 Å². The number of benzene rings is 2. The van der Waals surface area contributed by atoms with Crippen molar-refractivity contribution in [1.29, 1.82) is 0 Å². The molecular weight excluding hydrogens is 470 g/mol. The van der Waals surface area contributed by atoms with E-state index >= 15 is 0 Å². The normalized spacial score (nSPS) is 25.5. The standard InChI is InChI=1S/C27H32ClNO6/c1-15(2)22(29-26(32)33-14-16-8-6-5-7-9-16)24-19(25(30)31)13-20-23(34-24)18-11-10-17(28)12-21(18)35-27(20,3)4/h5-12,15,19-20,22-24H,13-14H2,1-4H3,(H,29,32)(H,30,31)/t19-,20+,22-,23-,24-/m0/s1. The molecule has 0 aromatic heterocycles. The maximum Gasteiger partial charge on any atom is 0.407 e. The Bertz CT molecular complexity index is 1070. The van der Waals surface area contributed by atoms with E-state index in [0.717, 1.165) is 11.1 Å². The predicted octanol–water partition coefficient (Wildman–Crippen LogP) is 5.61. The van der Waals surface area contributed by atoms with Gasteiger partial charge in [-0.3, -0.25) is 4.79 Å². The number of hydrogen-bond donors (Lipinski definition) is 2. The summed E-state index contributed by atoms with van der Waals surface area (Å²) in [5.74, 6) is -1.44. The van der Waals surface area contributed by atoms with Crippen LogP contribution in [0.5, 0.6) is 5.75 Å². The monoisotopic (exact) mass is 501 g/mol. The van der Waals surface area contributed by atoms with Gasteiger partial charge in [0.15, 0.2) is 0 Å². The van der Waals surface area contributed by atoms with Crippen LogP contribution < -0.4 is 10.1 Å². The number of nitrogens with one attached hydrogen (secondary N) is 1. The van der Waals surface area contributed by atoms with Gasteiger partial charge in [-0.05, 0) is 43.9 Å². The second-order valence-electron chi connectivity index (χ2n) is 10.2. The number of hydrogen-bond acceptors (Lipinski definition) is 5. The lowest BCUT2D eigenvalue weighted by Crippen LogP contribution is -2.59. The fourth-order valence-electron chi connectivity index (χ4n) is 5.12. The number of ether oxygens (including phenoxy) is 3. The summed E-state index contributed by atoms with van der Waals surface area (Å²) in [5, 5.41) is 13.6. The van der Waals surface area contributed by atoms with Crippen molar-refractivity contribution in [3.05, 3.63) is 64.7 Å². The average Bonchev–Trinajstić information content (AvgIpc) is 2.80. The lowest BCUT2D eigenvalue weighted by atomic mass is 9.70. The lowest BCUT2D eigenvalue weighted by Gasteiger charge is -2.51. The molecule has 7 nitrogen and oxygen atoms in total. The number of fused-ring (bicyclic) bond motifs is 3. The Labute approximate surface area is 210 Å². The zero-order valence-corrected chi connectivity index (χ0v) is 21.1. The summed E-state index contributed by atoms with van der Waals surface area (Å²) in [6, 6.07) is 14.2. The van der Waals surface area contributed by atoms with Crippen molar-refractivity contribution < 1.29 is 28.9 Å². The van der Waals surface area contributed by atoms with E-state index in [0.29, 0.717) is 17.2 Å². The fourth-order valence-corrected chi connectivity index (χ4v) is 5.29. The Kier molecular flexibility index (Phi) is 7.29. The Balaban J connectivity index is 1.59. The van der Waals surface area contributed by atoms with Crippen LogP contribution in [0.15, 0.2) is 48.5 Å². The van der Waals surface area contributed by atoms with Crippen LogP contribution in [-0.2, 0) is 20.9 Å². The van der Waals surface area contributed by atoms with Crippen molar-refractivity contribution in [2.24, 2.45) is 17.8 Å². The Hall–Kier alpha value is -2.77.